The maximum Gasteiger partial charge on any atom is 0.239 e. The molecule has 1 aromatic heterocycles. The van der Waals surface area contributed by atoms with Crippen LogP contribution in [0.4, 0.5) is 11.5 Å². The molecule has 0 atom stereocenters. The molecule has 0 spiro atoms. The van der Waals surface area contributed by atoms with Crippen molar-refractivity contribution in [3.63, 3.8) is 0 Å². The van der Waals surface area contributed by atoms with Crippen LogP contribution in [0.25, 0.3) is 11.3 Å². The topological polar surface area (TPSA) is 79.5 Å². The van der Waals surface area contributed by atoms with Gasteiger partial charge in [-0.25, -0.2) is 0 Å². The number of rotatable bonds is 6. The van der Waals surface area contributed by atoms with E-state index in [4.69, 9.17) is 0 Å². The van der Waals surface area contributed by atoms with Crippen LogP contribution in [0.3, 0.4) is 0 Å². The smallest absolute Gasteiger partial charge is 0.239 e. The Kier molecular flexibility index (Phi) is 6.66. The molecule has 0 radical (unpaired) electrons. The number of piperidine rings is 1. The molecule has 1 amide bonds. The number of carbonyl (C=O) groups excluding carboxylic acids is 1. The quantitative estimate of drug-likeness (QED) is 0.668. The van der Waals surface area contributed by atoms with Crippen LogP contribution >= 0.6 is 0 Å². The zero-order chi connectivity index (χ0) is 20.9. The average molecular weight is 412 g/mol. The van der Waals surface area contributed by atoms with Gasteiger partial charge in [0.25, 0.3) is 0 Å². The molecule has 3 N–H and O–H groups in total. The maximum absolute atomic E-state index is 12.3. The third-order valence-corrected chi connectivity index (χ3v) is 6.16. The number of piperazine rings is 1. The number of hydrogen-bond acceptors (Lipinski definition) is 6. The van der Waals surface area contributed by atoms with Crippen molar-refractivity contribution in [1.29, 1.82) is 0 Å². The lowest BCUT2D eigenvalue weighted by atomic mass is 10.1. The minimum atomic E-state index is -0.0580. The Balaban J connectivity index is 1.27. The number of carbonyl (C=O) groups is 1. The van der Waals surface area contributed by atoms with Gasteiger partial charge in [-0.1, -0.05) is 12.1 Å². The molecule has 0 unspecified atom stereocenters. The van der Waals surface area contributed by atoms with Gasteiger partial charge in [-0.3, -0.25) is 9.89 Å². The number of aromatic amines is 1. The highest BCUT2D eigenvalue weighted by Gasteiger charge is 2.17. The fraction of sp³-hybridized carbons (Fsp3) is 0.545. The molecule has 4 rings (SSSR count). The van der Waals surface area contributed by atoms with E-state index >= 15 is 0 Å². The van der Waals surface area contributed by atoms with E-state index < -0.39 is 0 Å². The lowest BCUT2D eigenvalue weighted by molar-refractivity contribution is -0.115. The Bertz CT molecular complexity index is 818. The van der Waals surface area contributed by atoms with Crippen LogP contribution in [-0.4, -0.2) is 91.9 Å². The highest BCUT2D eigenvalue weighted by Crippen LogP contribution is 2.24. The van der Waals surface area contributed by atoms with Crippen LogP contribution in [0.1, 0.15) is 12.8 Å². The second kappa shape index (κ2) is 9.59. The van der Waals surface area contributed by atoms with Crippen LogP contribution in [0.2, 0.25) is 0 Å². The van der Waals surface area contributed by atoms with Crippen LogP contribution in [-0.2, 0) is 4.79 Å². The summed E-state index contributed by atoms with van der Waals surface area (Å²) >= 11 is 0. The van der Waals surface area contributed by atoms with Gasteiger partial charge >= 0.3 is 0 Å². The van der Waals surface area contributed by atoms with Gasteiger partial charge in [0.1, 0.15) is 0 Å². The monoisotopic (exact) mass is 411 g/mol. The summed E-state index contributed by atoms with van der Waals surface area (Å²) in [6.45, 7) is 6.78. The molecule has 8 nitrogen and oxygen atoms in total. The van der Waals surface area contributed by atoms with E-state index in [0.717, 1.165) is 63.4 Å². The first-order valence-electron chi connectivity index (χ1n) is 10.9. The number of benzene rings is 1. The summed E-state index contributed by atoms with van der Waals surface area (Å²) in [6.07, 6.45) is 2.17. The van der Waals surface area contributed by atoms with Crippen LogP contribution < -0.4 is 15.5 Å². The molecule has 0 aliphatic carbocycles. The van der Waals surface area contributed by atoms with Gasteiger partial charge in [0.15, 0.2) is 5.82 Å². The molecule has 8 heteroatoms. The Hall–Kier alpha value is -2.42. The highest BCUT2D eigenvalue weighted by molar-refractivity contribution is 5.91. The highest BCUT2D eigenvalue weighted by atomic mass is 16.2. The molecule has 0 bridgehead atoms. The third-order valence-electron chi connectivity index (χ3n) is 6.16. The van der Waals surface area contributed by atoms with Gasteiger partial charge in [0, 0.05) is 44.0 Å². The van der Waals surface area contributed by atoms with Crippen molar-refractivity contribution in [3.05, 3.63) is 30.3 Å². The molecular weight excluding hydrogens is 378 g/mol. The average Bonchev–Trinajstić information content (AvgIpc) is 3.22. The number of amides is 1. The third kappa shape index (κ3) is 5.38. The van der Waals surface area contributed by atoms with E-state index in [1.54, 1.807) is 0 Å². The molecule has 3 heterocycles. The fourth-order valence-electron chi connectivity index (χ4n) is 4.09. The van der Waals surface area contributed by atoms with Gasteiger partial charge in [-0.2, -0.15) is 5.10 Å². The Morgan fingerprint density at radius 2 is 1.70 bits per heavy atom. The zero-order valence-corrected chi connectivity index (χ0v) is 18.0. The number of H-pyrrole nitrogens is 1. The summed E-state index contributed by atoms with van der Waals surface area (Å²) in [5, 5.41) is 13.5. The van der Waals surface area contributed by atoms with Crippen molar-refractivity contribution in [3.8, 4) is 11.3 Å². The minimum absolute atomic E-state index is 0.0580. The molecule has 30 heavy (non-hydrogen) atoms. The van der Waals surface area contributed by atoms with Gasteiger partial charge in [-0.05, 0) is 57.7 Å². The molecule has 2 aromatic rings. The number of nitrogens with one attached hydrogen (secondary N) is 3. The Morgan fingerprint density at radius 3 is 2.40 bits per heavy atom. The lowest BCUT2D eigenvalue weighted by Crippen LogP contribution is -2.44. The summed E-state index contributed by atoms with van der Waals surface area (Å²) < 4.78 is 0. The Labute approximate surface area is 178 Å². The minimum Gasteiger partial charge on any atom is -0.369 e. The summed E-state index contributed by atoms with van der Waals surface area (Å²) in [5.74, 6) is 0.501. The van der Waals surface area contributed by atoms with E-state index in [0.29, 0.717) is 18.4 Å². The Morgan fingerprint density at radius 1 is 1.03 bits per heavy atom. The summed E-state index contributed by atoms with van der Waals surface area (Å²) in [4.78, 5) is 19.4. The number of hydrogen-bond donors (Lipinski definition) is 3. The number of anilines is 2. The van der Waals surface area contributed by atoms with E-state index in [1.807, 2.05) is 6.07 Å². The largest absolute Gasteiger partial charge is 0.369 e. The predicted octanol–water partition coefficient (Wildman–Crippen LogP) is 1.45. The van der Waals surface area contributed by atoms with E-state index in [1.165, 1.54) is 5.69 Å². The molecule has 162 valence electrons. The summed E-state index contributed by atoms with van der Waals surface area (Å²) in [7, 11) is 4.30. The number of nitrogens with zero attached hydrogens (tertiary/aromatic N) is 4. The molecule has 2 aliphatic rings. The first-order valence-corrected chi connectivity index (χ1v) is 10.9. The molecule has 1 aromatic carbocycles. The molecule has 2 aliphatic heterocycles. The first kappa shape index (κ1) is 20.8. The maximum atomic E-state index is 12.3. The first-order chi connectivity index (χ1) is 14.6. The molecular formula is C22H33N7O. The molecule has 2 fully saturated rings. The molecule has 0 saturated carbocycles. The second-order valence-electron chi connectivity index (χ2n) is 8.51. The van der Waals surface area contributed by atoms with Crippen molar-refractivity contribution in [1.82, 2.24) is 25.3 Å². The second-order valence-corrected chi connectivity index (χ2v) is 8.51. The fourth-order valence-corrected chi connectivity index (χ4v) is 4.09. The van der Waals surface area contributed by atoms with Crippen molar-refractivity contribution in [2.75, 3.05) is 70.1 Å². The number of likely N-dealkylation sites (tertiary alicyclic amines) is 1. The lowest BCUT2D eigenvalue weighted by Gasteiger charge is -2.34. The van der Waals surface area contributed by atoms with Crippen LogP contribution in [0.5, 0.6) is 0 Å². The van der Waals surface area contributed by atoms with Crippen molar-refractivity contribution in [2.24, 2.45) is 0 Å². The standard InChI is InChI=1S/C22H33N7O/c1-27-9-7-18(8-10-27)23-16-22(30)24-21-15-20(25-26-21)17-3-5-19(6-4-17)29-13-11-28(2)12-14-29/h3-6,15,18,23H,7-14,16H2,1-2H3,(H2,24,25,26,30). The van der Waals surface area contributed by atoms with E-state index in [2.05, 4.69) is 73.9 Å². The molecule has 2 saturated heterocycles. The van der Waals surface area contributed by atoms with Gasteiger partial charge in [0.05, 0.1) is 12.2 Å². The van der Waals surface area contributed by atoms with Gasteiger partial charge in [0.2, 0.25) is 5.91 Å². The van der Waals surface area contributed by atoms with Gasteiger partial charge < -0.3 is 25.3 Å². The summed E-state index contributed by atoms with van der Waals surface area (Å²) in [5.41, 5.74) is 3.21. The SMILES string of the molecule is CN1CCC(NCC(=O)Nc2cc(-c3ccc(N4CCN(C)CC4)cc3)[nH]n2)CC1. The van der Waals surface area contributed by atoms with E-state index in [9.17, 15) is 4.79 Å². The number of likely N-dealkylation sites (N-methyl/N-ethyl adjacent to an activating group) is 1. The van der Waals surface area contributed by atoms with Crippen molar-refractivity contribution in [2.45, 2.75) is 18.9 Å². The number of aromatic nitrogens is 2. The van der Waals surface area contributed by atoms with Crippen molar-refractivity contribution >= 4 is 17.4 Å². The van der Waals surface area contributed by atoms with Crippen LogP contribution in [0.15, 0.2) is 30.3 Å². The predicted molar refractivity (Wildman–Crippen MR) is 121 cm³/mol. The van der Waals surface area contributed by atoms with Crippen LogP contribution in [0, 0.1) is 0 Å². The van der Waals surface area contributed by atoms with Crippen molar-refractivity contribution < 1.29 is 4.79 Å². The zero-order valence-electron chi connectivity index (χ0n) is 18.0. The summed E-state index contributed by atoms with van der Waals surface area (Å²) in [6, 6.07) is 10.8. The normalized spacial score (nSPS) is 19.2. The van der Waals surface area contributed by atoms with Gasteiger partial charge in [-0.15, -0.1) is 0 Å². The van der Waals surface area contributed by atoms with E-state index in [-0.39, 0.29) is 5.91 Å².